The highest BCUT2D eigenvalue weighted by atomic mass is 32.2. The number of fused-ring (bicyclic) bond motifs is 5. The molecule has 4 heterocycles. The number of nitrogens with one attached hydrogen (secondary N) is 3. The maximum absolute atomic E-state index is 17.0. The van der Waals surface area contributed by atoms with Gasteiger partial charge in [-0.15, -0.1) is 0 Å². The number of amides is 4. The highest BCUT2D eigenvalue weighted by molar-refractivity contribution is 7.91. The van der Waals surface area contributed by atoms with Gasteiger partial charge in [0.2, 0.25) is 21.8 Å². The summed E-state index contributed by atoms with van der Waals surface area (Å²) in [6.45, 7) is 10.3. The highest BCUT2D eigenvalue weighted by Gasteiger charge is 2.64. The van der Waals surface area contributed by atoms with Gasteiger partial charge in [-0.1, -0.05) is 38.8 Å². The number of carbonyl (C=O) groups is 4. The lowest BCUT2D eigenvalue weighted by Crippen LogP contribution is -2.58. The number of carbonyl (C=O) groups excluding carboxylic acids is 4. The molecular formula is C42H56FN5O9S. The Labute approximate surface area is 339 Å². The topological polar surface area (TPSA) is 182 Å². The molecule has 3 fully saturated rings. The van der Waals surface area contributed by atoms with E-state index in [9.17, 15) is 27.6 Å². The summed E-state index contributed by atoms with van der Waals surface area (Å²) in [5.74, 6) is -2.06. The molecule has 0 bridgehead atoms. The van der Waals surface area contributed by atoms with E-state index >= 15 is 4.39 Å². The van der Waals surface area contributed by atoms with Crippen LogP contribution in [0, 0.1) is 5.92 Å². The molecule has 1 aromatic heterocycles. The number of nitrogens with zero attached hydrogens (tertiary/aromatic N) is 2. The van der Waals surface area contributed by atoms with Crippen LogP contribution in [0.25, 0.3) is 10.9 Å². The first-order chi connectivity index (χ1) is 27.2. The highest BCUT2D eigenvalue weighted by Crippen LogP contribution is 2.53. The molecule has 2 aliphatic carbocycles. The monoisotopic (exact) mass is 825 g/mol. The molecule has 0 radical (unpaired) electrons. The zero-order valence-electron chi connectivity index (χ0n) is 34.4. The van der Waals surface area contributed by atoms with Crippen molar-refractivity contribution in [2.24, 2.45) is 5.92 Å². The van der Waals surface area contributed by atoms with E-state index in [4.69, 9.17) is 19.2 Å². The molecule has 3 aliphatic heterocycles. The number of alkyl carbamates (subject to hydrolysis) is 1. The van der Waals surface area contributed by atoms with Crippen molar-refractivity contribution in [1.82, 2.24) is 25.2 Å². The third-order valence-electron chi connectivity index (χ3n) is 12.2. The Morgan fingerprint density at radius 3 is 2.52 bits per heavy atom. The molecule has 58 heavy (non-hydrogen) atoms. The van der Waals surface area contributed by atoms with Gasteiger partial charge in [-0.25, -0.2) is 22.6 Å². The van der Waals surface area contributed by atoms with Crippen LogP contribution < -0.4 is 24.8 Å². The van der Waals surface area contributed by atoms with E-state index in [0.717, 1.165) is 12.8 Å². The maximum atomic E-state index is 17.0. The Kier molecular flexibility index (Phi) is 10.8. The Morgan fingerprint density at radius 2 is 1.84 bits per heavy atom. The fourth-order valence-corrected chi connectivity index (χ4v) is 9.86. The average molecular weight is 826 g/mol. The molecule has 6 atom stereocenters. The number of pyridine rings is 1. The van der Waals surface area contributed by atoms with Crippen molar-refractivity contribution >= 4 is 44.7 Å². The number of rotatable bonds is 6. The zero-order valence-corrected chi connectivity index (χ0v) is 35.2. The Bertz CT molecular complexity index is 2150. The fourth-order valence-electron chi connectivity index (χ4n) is 8.55. The summed E-state index contributed by atoms with van der Waals surface area (Å²) in [5, 5.41) is 6.15. The number of allylic oxidation sites excluding steroid dienone is 1. The Morgan fingerprint density at radius 1 is 1.10 bits per heavy atom. The lowest BCUT2D eigenvalue weighted by molar-refractivity contribution is -0.141. The van der Waals surface area contributed by atoms with Gasteiger partial charge < -0.3 is 29.7 Å². The van der Waals surface area contributed by atoms with E-state index in [1.807, 2.05) is 26.0 Å². The molecule has 16 heteroatoms. The number of methoxy groups -OCH3 is 1. The minimum absolute atomic E-state index is 0.147. The van der Waals surface area contributed by atoms with Crippen molar-refractivity contribution in [3.8, 4) is 11.5 Å². The first kappa shape index (κ1) is 41.7. The van der Waals surface area contributed by atoms with E-state index in [0.29, 0.717) is 53.6 Å². The van der Waals surface area contributed by atoms with Crippen molar-refractivity contribution in [2.45, 2.75) is 151 Å². The molecule has 0 unspecified atom stereocenters. The van der Waals surface area contributed by atoms with Crippen LogP contribution in [-0.4, -0.2) is 89.3 Å². The second-order valence-corrected chi connectivity index (χ2v) is 20.5. The summed E-state index contributed by atoms with van der Waals surface area (Å²) >= 11 is 0. The fraction of sp³-hybridized carbons (Fsp3) is 0.643. The number of hydrogen-bond donors (Lipinski definition) is 3. The van der Waals surface area contributed by atoms with Crippen LogP contribution in [-0.2, 0) is 29.1 Å². The number of benzene rings is 1. The summed E-state index contributed by atoms with van der Waals surface area (Å²) in [6, 6.07) is 2.87. The molecule has 1 spiro atoms. The number of aromatic nitrogens is 1. The predicted molar refractivity (Wildman–Crippen MR) is 213 cm³/mol. The third kappa shape index (κ3) is 7.96. The van der Waals surface area contributed by atoms with Gasteiger partial charge in [-0.2, -0.15) is 0 Å². The average Bonchev–Trinajstić information content (AvgIpc) is 4.03. The minimum Gasteiger partial charge on any atom is -0.497 e. The van der Waals surface area contributed by atoms with E-state index in [2.05, 4.69) is 15.4 Å². The molecule has 316 valence electrons. The van der Waals surface area contributed by atoms with Gasteiger partial charge >= 0.3 is 6.09 Å². The van der Waals surface area contributed by atoms with Gasteiger partial charge in [0.15, 0.2) is 0 Å². The summed E-state index contributed by atoms with van der Waals surface area (Å²) < 4.78 is 62.6. The summed E-state index contributed by atoms with van der Waals surface area (Å²) in [6.07, 6.45) is 4.94. The first-order valence-electron chi connectivity index (χ1n) is 20.4. The molecule has 14 nitrogen and oxygen atoms in total. The van der Waals surface area contributed by atoms with Gasteiger partial charge in [-0.05, 0) is 90.3 Å². The zero-order chi connectivity index (χ0) is 42.0. The Hall–Kier alpha value is -4.47. The van der Waals surface area contributed by atoms with E-state index in [-0.39, 0.29) is 43.9 Å². The van der Waals surface area contributed by atoms with Crippen LogP contribution in [0.4, 0.5) is 9.18 Å². The van der Waals surface area contributed by atoms with E-state index in [1.165, 1.54) is 12.0 Å². The minimum atomic E-state index is -4.04. The van der Waals surface area contributed by atoms with Crippen LogP contribution in [0.2, 0.25) is 0 Å². The molecule has 1 aromatic carbocycles. The largest absolute Gasteiger partial charge is 0.497 e. The lowest BCUT2D eigenvalue weighted by atomic mass is 9.85. The quantitative estimate of drug-likeness (QED) is 0.302. The lowest BCUT2D eigenvalue weighted by Gasteiger charge is -2.39. The van der Waals surface area contributed by atoms with Crippen molar-refractivity contribution in [3.63, 3.8) is 0 Å². The van der Waals surface area contributed by atoms with Crippen molar-refractivity contribution in [2.75, 3.05) is 13.7 Å². The third-order valence-corrected chi connectivity index (χ3v) is 14.4. The second-order valence-electron chi connectivity index (χ2n) is 18.3. The number of halogens is 1. The number of sulfonamides is 1. The molecule has 2 aromatic rings. The van der Waals surface area contributed by atoms with Crippen molar-refractivity contribution in [1.29, 1.82) is 0 Å². The smallest absolute Gasteiger partial charge is 0.408 e. The van der Waals surface area contributed by atoms with Crippen molar-refractivity contribution in [3.05, 3.63) is 41.6 Å². The van der Waals surface area contributed by atoms with Gasteiger partial charge in [0, 0.05) is 29.7 Å². The normalized spacial score (nSPS) is 30.1. The van der Waals surface area contributed by atoms with Crippen LogP contribution in [0.5, 0.6) is 11.5 Å². The van der Waals surface area contributed by atoms with Crippen LogP contribution in [0.3, 0.4) is 0 Å². The Balaban J connectivity index is 1.28. The van der Waals surface area contributed by atoms with Gasteiger partial charge in [0.25, 0.3) is 5.91 Å². The summed E-state index contributed by atoms with van der Waals surface area (Å²) in [4.78, 5) is 62.9. The number of alkyl halides is 1. The first-order valence-corrected chi connectivity index (χ1v) is 21.9. The molecular weight excluding hydrogens is 770 g/mol. The number of ether oxygens (including phenoxy) is 3. The predicted octanol–water partition coefficient (Wildman–Crippen LogP) is 5.79. The van der Waals surface area contributed by atoms with Crippen LogP contribution >= 0.6 is 0 Å². The second kappa shape index (κ2) is 15.0. The molecule has 7 rings (SSSR count). The van der Waals surface area contributed by atoms with Gasteiger partial charge in [0.05, 0.1) is 29.6 Å². The molecule has 2 saturated carbocycles. The van der Waals surface area contributed by atoms with E-state index in [1.54, 1.807) is 45.9 Å². The van der Waals surface area contributed by atoms with Crippen LogP contribution in [0.15, 0.2) is 30.4 Å². The summed E-state index contributed by atoms with van der Waals surface area (Å²) in [5.41, 5.74) is -2.45. The maximum Gasteiger partial charge on any atom is 0.408 e. The standard InChI is InChI=1S/C42H56FN5O9S/c1-24(2)33-34-32(27-19-26(55-7)15-16-29(27)44-33)28(43)21-41(56-34)22-31-35(49)46-42(37(51)47-58(53,54)40(6)17-18-40)20-25(42)13-11-9-8-10-12-14-30(36(50)48(31)23-41)45-38(52)57-39(3,4)5/h11,13,15-16,19,24-25,28,30-31H,8-10,12,14,17-18,20-23H2,1-7H3,(H,45,52)(H,46,49)(H,47,51)/b13-11-/t25-,28+,30-,31-,41+,42+/m0/s1. The summed E-state index contributed by atoms with van der Waals surface area (Å²) in [7, 11) is -2.52. The molecule has 3 N–H and O–H groups in total. The number of hydrogen-bond acceptors (Lipinski definition) is 10. The SMILES string of the molecule is COc1ccc2nc(C(C)C)c3c(c2c1)[C@H](F)C[C@]1(C[C@H]2C(=O)N[C@]4(C(=O)NS(=O)(=O)C5(C)CC5)C[C@@H]4/C=C\CCCCC[C@H](NC(=O)OC(C)(C)C)C(=O)N2C1)O3. The van der Waals surface area contributed by atoms with E-state index < -0.39 is 79.5 Å². The van der Waals surface area contributed by atoms with Gasteiger partial charge in [0.1, 0.15) is 46.5 Å². The van der Waals surface area contributed by atoms with Crippen LogP contribution in [0.1, 0.15) is 129 Å². The molecule has 5 aliphatic rings. The van der Waals surface area contributed by atoms with Crippen molar-refractivity contribution < 1.29 is 46.2 Å². The molecule has 1 saturated heterocycles. The van der Waals surface area contributed by atoms with Gasteiger partial charge in [-0.3, -0.25) is 19.1 Å². The molecule has 4 amide bonds.